The molecule has 186 valence electrons. The van der Waals surface area contributed by atoms with Crippen LogP contribution in [0.1, 0.15) is 67.7 Å². The minimum Gasteiger partial charge on any atom is -0.383 e. The molecule has 4 rings (SSSR count). The van der Waals surface area contributed by atoms with E-state index >= 15 is 0 Å². The molecular weight excluding hydrogens is 451 g/mol. The summed E-state index contributed by atoms with van der Waals surface area (Å²) in [5.74, 6) is -0.822. The van der Waals surface area contributed by atoms with E-state index < -0.39 is 17.2 Å². The molecule has 0 spiro atoms. The van der Waals surface area contributed by atoms with Gasteiger partial charge in [-0.1, -0.05) is 20.3 Å². The number of fused-ring (bicyclic) bond motifs is 1. The molecule has 3 N–H and O–H groups in total. The van der Waals surface area contributed by atoms with Gasteiger partial charge in [-0.2, -0.15) is 5.10 Å². The predicted molar refractivity (Wildman–Crippen MR) is 133 cm³/mol. The van der Waals surface area contributed by atoms with Crippen LogP contribution in [-0.4, -0.2) is 31.8 Å². The Hall–Kier alpha value is -3.69. The molecule has 10 heteroatoms. The van der Waals surface area contributed by atoms with Crippen LogP contribution in [0.5, 0.6) is 0 Å². The van der Waals surface area contributed by atoms with E-state index in [4.69, 9.17) is 5.73 Å². The van der Waals surface area contributed by atoms with Crippen molar-refractivity contribution < 1.29 is 9.18 Å². The summed E-state index contributed by atoms with van der Waals surface area (Å²) in [5.41, 5.74) is 7.65. The lowest BCUT2D eigenvalue weighted by Crippen LogP contribution is -2.42. The van der Waals surface area contributed by atoms with Crippen molar-refractivity contribution in [3.05, 3.63) is 67.9 Å². The summed E-state index contributed by atoms with van der Waals surface area (Å²) in [7, 11) is 0. The fraction of sp³-hybridized carbons (Fsp3) is 0.440. The van der Waals surface area contributed by atoms with Crippen LogP contribution in [0.4, 0.5) is 15.9 Å². The molecule has 0 unspecified atom stereocenters. The van der Waals surface area contributed by atoms with Crippen LogP contribution in [0.15, 0.2) is 33.9 Å². The summed E-state index contributed by atoms with van der Waals surface area (Å²) in [6.45, 7) is 4.45. The van der Waals surface area contributed by atoms with Crippen LogP contribution in [-0.2, 0) is 19.4 Å². The number of rotatable bonds is 8. The second-order valence-corrected chi connectivity index (χ2v) is 8.82. The lowest BCUT2D eigenvalue weighted by atomic mass is 9.95. The number of hydrogen-bond donors (Lipinski definition) is 2. The Labute approximate surface area is 202 Å². The normalized spacial score (nSPS) is 13.0. The van der Waals surface area contributed by atoms with E-state index in [1.807, 2.05) is 13.8 Å². The highest BCUT2D eigenvalue weighted by Crippen LogP contribution is 2.29. The van der Waals surface area contributed by atoms with Gasteiger partial charge in [0.25, 0.3) is 11.5 Å². The Kier molecular flexibility index (Phi) is 7.18. The largest absolute Gasteiger partial charge is 0.383 e. The Balaban J connectivity index is 1.84. The molecule has 9 nitrogen and oxygen atoms in total. The molecule has 1 aliphatic rings. The summed E-state index contributed by atoms with van der Waals surface area (Å²) < 4.78 is 16.5. The third-order valence-electron chi connectivity index (χ3n) is 6.37. The number of nitrogens with zero attached hydrogens (tertiary/aromatic N) is 4. The van der Waals surface area contributed by atoms with Crippen molar-refractivity contribution in [1.82, 2.24) is 19.3 Å². The van der Waals surface area contributed by atoms with Gasteiger partial charge in [-0.15, -0.1) is 0 Å². The summed E-state index contributed by atoms with van der Waals surface area (Å²) in [6, 6.07) is 5.97. The molecule has 1 aliphatic carbocycles. The minimum atomic E-state index is -0.700. The SMILES string of the molecule is CCCCn1c(N)c(N(CCC)C(=O)c2nn(-c3ccc(F)cc3)c3c2CCCC3)c(=O)[nH]c1=O. The van der Waals surface area contributed by atoms with Crippen LogP contribution in [0, 0.1) is 5.82 Å². The van der Waals surface area contributed by atoms with Gasteiger partial charge in [0.05, 0.1) is 5.69 Å². The van der Waals surface area contributed by atoms with Gasteiger partial charge in [-0.3, -0.25) is 24.0 Å². The monoisotopic (exact) mass is 482 g/mol. The molecule has 2 heterocycles. The number of carbonyl (C=O) groups excluding carboxylic acids is 1. The average molecular weight is 483 g/mol. The van der Waals surface area contributed by atoms with Gasteiger partial charge in [0.1, 0.15) is 11.6 Å². The number of aromatic amines is 1. The number of H-pyrrole nitrogens is 1. The first-order valence-corrected chi connectivity index (χ1v) is 12.2. The molecule has 1 aromatic carbocycles. The van der Waals surface area contributed by atoms with E-state index in [1.54, 1.807) is 16.8 Å². The van der Waals surface area contributed by atoms with Crippen molar-refractivity contribution in [1.29, 1.82) is 0 Å². The number of hydrogen-bond acceptors (Lipinski definition) is 5. The quantitative estimate of drug-likeness (QED) is 0.511. The second kappa shape index (κ2) is 10.3. The fourth-order valence-electron chi connectivity index (χ4n) is 4.61. The second-order valence-electron chi connectivity index (χ2n) is 8.82. The van der Waals surface area contributed by atoms with E-state index in [0.717, 1.165) is 36.9 Å². The summed E-state index contributed by atoms with van der Waals surface area (Å²) >= 11 is 0. The molecule has 0 aliphatic heterocycles. The number of benzene rings is 1. The molecule has 0 atom stereocenters. The van der Waals surface area contributed by atoms with Gasteiger partial charge in [-0.25, -0.2) is 13.9 Å². The average Bonchev–Trinajstić information content (AvgIpc) is 3.23. The molecule has 0 saturated heterocycles. The van der Waals surface area contributed by atoms with Crippen LogP contribution in [0.3, 0.4) is 0 Å². The zero-order valence-electron chi connectivity index (χ0n) is 20.1. The topological polar surface area (TPSA) is 119 Å². The van der Waals surface area contributed by atoms with Gasteiger partial charge in [-0.05, 0) is 62.8 Å². The van der Waals surface area contributed by atoms with E-state index in [9.17, 15) is 18.8 Å². The van der Waals surface area contributed by atoms with Crippen LogP contribution in [0.2, 0.25) is 0 Å². The van der Waals surface area contributed by atoms with Crippen molar-refractivity contribution in [3.63, 3.8) is 0 Å². The zero-order chi connectivity index (χ0) is 25.1. The molecule has 0 radical (unpaired) electrons. The number of nitrogen functional groups attached to an aromatic ring is 1. The van der Waals surface area contributed by atoms with E-state index in [-0.39, 0.29) is 29.6 Å². The molecule has 0 saturated carbocycles. The smallest absolute Gasteiger partial charge is 0.330 e. The van der Waals surface area contributed by atoms with Crippen molar-refractivity contribution in [3.8, 4) is 5.69 Å². The summed E-state index contributed by atoms with van der Waals surface area (Å²) in [4.78, 5) is 42.8. The third kappa shape index (κ3) is 4.65. The Morgan fingerprint density at radius 1 is 1.14 bits per heavy atom. The number of halogens is 1. The van der Waals surface area contributed by atoms with Gasteiger partial charge in [0.15, 0.2) is 11.4 Å². The van der Waals surface area contributed by atoms with Gasteiger partial charge in [0.2, 0.25) is 0 Å². The number of anilines is 2. The van der Waals surface area contributed by atoms with E-state index in [1.165, 1.54) is 21.6 Å². The summed E-state index contributed by atoms with van der Waals surface area (Å²) in [5, 5.41) is 4.65. The highest BCUT2D eigenvalue weighted by Gasteiger charge is 2.31. The standard InChI is InChI=1S/C25H31FN6O3/c1-3-5-15-31-22(27)21(23(33)28-25(31)35)30(14-4-2)24(34)20-18-8-6-7-9-19(18)32(29-20)17-12-10-16(26)11-13-17/h10-13H,3-9,14-15,27H2,1-2H3,(H,28,33,35). The molecule has 1 amide bonds. The lowest BCUT2D eigenvalue weighted by Gasteiger charge is -2.24. The van der Waals surface area contributed by atoms with Gasteiger partial charge in [0, 0.05) is 24.3 Å². The number of amides is 1. The van der Waals surface area contributed by atoms with Crippen molar-refractivity contribution >= 4 is 17.4 Å². The highest BCUT2D eigenvalue weighted by molar-refractivity contribution is 6.07. The number of nitrogens with one attached hydrogen (secondary N) is 1. The lowest BCUT2D eigenvalue weighted by molar-refractivity contribution is 0.0980. The number of aromatic nitrogens is 4. The first-order chi connectivity index (χ1) is 16.9. The Morgan fingerprint density at radius 3 is 2.54 bits per heavy atom. The Morgan fingerprint density at radius 2 is 1.86 bits per heavy atom. The number of unbranched alkanes of at least 4 members (excludes halogenated alkanes) is 1. The molecule has 35 heavy (non-hydrogen) atoms. The summed E-state index contributed by atoms with van der Waals surface area (Å²) in [6.07, 6.45) is 5.41. The first kappa shape index (κ1) is 24.4. The zero-order valence-corrected chi connectivity index (χ0v) is 20.1. The van der Waals surface area contributed by atoms with Crippen LogP contribution < -0.4 is 21.9 Å². The van der Waals surface area contributed by atoms with Crippen LogP contribution >= 0.6 is 0 Å². The van der Waals surface area contributed by atoms with Crippen LogP contribution in [0.25, 0.3) is 5.69 Å². The molecule has 0 fully saturated rings. The third-order valence-corrected chi connectivity index (χ3v) is 6.37. The predicted octanol–water partition coefficient (Wildman–Crippen LogP) is 3.18. The number of nitrogens with two attached hydrogens (primary N) is 1. The molecule has 2 aromatic heterocycles. The fourth-order valence-corrected chi connectivity index (χ4v) is 4.61. The Bertz CT molecular complexity index is 1340. The maximum Gasteiger partial charge on any atom is 0.330 e. The van der Waals surface area contributed by atoms with Crippen molar-refractivity contribution in [2.75, 3.05) is 17.2 Å². The molecule has 0 bridgehead atoms. The van der Waals surface area contributed by atoms with E-state index in [2.05, 4.69) is 10.1 Å². The highest BCUT2D eigenvalue weighted by atomic mass is 19.1. The van der Waals surface area contributed by atoms with Gasteiger partial charge >= 0.3 is 5.69 Å². The number of carbonyl (C=O) groups is 1. The minimum absolute atomic E-state index is 0.0270. The molecular formula is C25H31FN6O3. The van der Waals surface area contributed by atoms with Crippen molar-refractivity contribution in [2.45, 2.75) is 65.3 Å². The maximum absolute atomic E-state index is 13.9. The first-order valence-electron chi connectivity index (χ1n) is 12.2. The van der Waals surface area contributed by atoms with Crippen molar-refractivity contribution in [2.24, 2.45) is 0 Å². The van der Waals surface area contributed by atoms with E-state index in [0.29, 0.717) is 31.5 Å². The van der Waals surface area contributed by atoms with Gasteiger partial charge < -0.3 is 5.73 Å². The molecule has 3 aromatic rings. The maximum atomic E-state index is 13.9.